The molecule has 0 unspecified atom stereocenters. The lowest BCUT2D eigenvalue weighted by molar-refractivity contribution is -0.304. The summed E-state index contributed by atoms with van der Waals surface area (Å²) >= 11 is 0. The molecule has 14 heteroatoms. The lowest BCUT2D eigenvalue weighted by Crippen LogP contribution is -2.59. The number of aromatic nitrogens is 3. The molecule has 5 atom stereocenters. The van der Waals surface area contributed by atoms with E-state index in [1.807, 2.05) is 0 Å². The number of aliphatic hydroxyl groups is 7. The Bertz CT molecular complexity index is 645. The monoisotopic (exact) mass is 422 g/mol. The fourth-order valence-corrected chi connectivity index (χ4v) is 2.61. The molecule has 0 spiro atoms. The Labute approximate surface area is 164 Å². The van der Waals surface area contributed by atoms with Gasteiger partial charge in [-0.05, 0) is 0 Å². The van der Waals surface area contributed by atoms with Crippen LogP contribution in [0.5, 0.6) is 0 Å². The maximum Gasteiger partial charge on any atom is 0.242 e. The zero-order valence-electron chi connectivity index (χ0n) is 15.4. The van der Waals surface area contributed by atoms with Gasteiger partial charge in [-0.2, -0.15) is 0 Å². The van der Waals surface area contributed by atoms with Gasteiger partial charge in [0.25, 0.3) is 0 Å². The Morgan fingerprint density at radius 1 is 1.14 bits per heavy atom. The van der Waals surface area contributed by atoms with Gasteiger partial charge in [0.05, 0.1) is 39.2 Å². The molecule has 0 radical (unpaired) electrons. The molecule has 2 rings (SSSR count). The topological polar surface area (TPSA) is 220 Å². The number of hydrogen-bond donors (Lipinski definition) is 8. The highest BCUT2D eigenvalue weighted by Crippen LogP contribution is 2.22. The predicted molar refractivity (Wildman–Crippen MR) is 90.7 cm³/mol. The number of hydrogen-bond acceptors (Lipinski definition) is 12. The van der Waals surface area contributed by atoms with Crippen LogP contribution < -0.4 is 5.32 Å². The number of aliphatic hydroxyl groups excluding tert-OH is 7. The van der Waals surface area contributed by atoms with Gasteiger partial charge in [0.15, 0.2) is 6.29 Å². The lowest BCUT2D eigenvalue weighted by atomic mass is 9.99. The summed E-state index contributed by atoms with van der Waals surface area (Å²) in [5.74, 6) is -0.645. The van der Waals surface area contributed by atoms with E-state index < -0.39 is 68.6 Å². The van der Waals surface area contributed by atoms with Crippen molar-refractivity contribution in [1.82, 2.24) is 20.3 Å². The second-order valence-electron chi connectivity index (χ2n) is 6.72. The van der Waals surface area contributed by atoms with Crippen LogP contribution in [-0.2, 0) is 27.4 Å². The molecule has 29 heavy (non-hydrogen) atoms. The zero-order valence-corrected chi connectivity index (χ0v) is 15.4. The molecule has 0 saturated carbocycles. The normalized spacial score (nSPS) is 27.8. The Hall–Kier alpha value is -1.75. The van der Waals surface area contributed by atoms with Crippen LogP contribution >= 0.6 is 0 Å². The van der Waals surface area contributed by atoms with Crippen molar-refractivity contribution in [1.29, 1.82) is 0 Å². The first-order chi connectivity index (χ1) is 13.8. The summed E-state index contributed by atoms with van der Waals surface area (Å²) in [6.07, 6.45) is -5.73. The van der Waals surface area contributed by atoms with Crippen LogP contribution in [0, 0.1) is 0 Å². The molecule has 166 valence electrons. The fourth-order valence-electron chi connectivity index (χ4n) is 2.61. The first-order valence-electron chi connectivity index (χ1n) is 8.74. The molecule has 8 N–H and O–H groups in total. The van der Waals surface area contributed by atoms with Crippen molar-refractivity contribution in [2.24, 2.45) is 0 Å². The molecular formula is C15H26N4O10. The van der Waals surface area contributed by atoms with Gasteiger partial charge in [-0.1, -0.05) is 5.21 Å². The van der Waals surface area contributed by atoms with Gasteiger partial charge in [0.1, 0.15) is 42.2 Å². The summed E-state index contributed by atoms with van der Waals surface area (Å²) in [6.45, 7) is -3.13. The Kier molecular flexibility index (Phi) is 8.38. The lowest BCUT2D eigenvalue weighted by Gasteiger charge is -2.39. The molecule has 0 aliphatic carbocycles. The SMILES string of the molecule is O=C(Cn1cc(CO[C@@H]2O[C@H](CO)[C@H](O)[C@H](O)[C@H]2O)nn1)NC(CO)(CO)CO. The average molecular weight is 422 g/mol. The van der Waals surface area contributed by atoms with Gasteiger partial charge < -0.3 is 50.5 Å². The highest BCUT2D eigenvalue weighted by molar-refractivity contribution is 5.76. The Morgan fingerprint density at radius 2 is 1.79 bits per heavy atom. The minimum atomic E-state index is -1.57. The summed E-state index contributed by atoms with van der Waals surface area (Å²) in [5, 5.41) is 75.9. The second-order valence-corrected chi connectivity index (χ2v) is 6.72. The first-order valence-corrected chi connectivity index (χ1v) is 8.74. The number of ether oxygens (including phenoxy) is 2. The van der Waals surface area contributed by atoms with Gasteiger partial charge in [0.2, 0.25) is 5.91 Å². The molecule has 1 aromatic rings. The molecule has 14 nitrogen and oxygen atoms in total. The number of carbonyl (C=O) groups is 1. The number of rotatable bonds is 10. The van der Waals surface area contributed by atoms with Crippen LogP contribution in [0.3, 0.4) is 0 Å². The molecule has 2 heterocycles. The number of nitrogens with zero attached hydrogens (tertiary/aromatic N) is 3. The molecular weight excluding hydrogens is 396 g/mol. The van der Waals surface area contributed by atoms with Crippen molar-refractivity contribution in [3.63, 3.8) is 0 Å². The molecule has 1 aromatic heterocycles. The molecule has 1 fully saturated rings. The molecule has 1 saturated heterocycles. The van der Waals surface area contributed by atoms with Crippen molar-refractivity contribution in [3.05, 3.63) is 11.9 Å². The van der Waals surface area contributed by atoms with Crippen LogP contribution in [0.2, 0.25) is 0 Å². The van der Waals surface area contributed by atoms with Crippen molar-refractivity contribution in [2.45, 2.75) is 49.4 Å². The Morgan fingerprint density at radius 3 is 2.38 bits per heavy atom. The van der Waals surface area contributed by atoms with Crippen LogP contribution in [0.15, 0.2) is 6.20 Å². The summed E-state index contributed by atoms with van der Waals surface area (Å²) in [5.41, 5.74) is -1.32. The summed E-state index contributed by atoms with van der Waals surface area (Å²) in [4.78, 5) is 12.0. The molecule has 1 aliphatic heterocycles. The fraction of sp³-hybridized carbons (Fsp3) is 0.800. The smallest absolute Gasteiger partial charge is 0.242 e. The van der Waals surface area contributed by atoms with Crippen molar-refractivity contribution in [3.8, 4) is 0 Å². The van der Waals surface area contributed by atoms with Crippen LogP contribution in [-0.4, -0.2) is 119 Å². The van der Waals surface area contributed by atoms with Crippen LogP contribution in [0.4, 0.5) is 0 Å². The quantitative estimate of drug-likeness (QED) is 0.177. The number of carbonyl (C=O) groups excluding carboxylic acids is 1. The minimum absolute atomic E-state index is 0.224. The van der Waals surface area contributed by atoms with E-state index in [0.717, 1.165) is 4.68 Å². The maximum atomic E-state index is 12.0. The predicted octanol–water partition coefficient (Wildman–Crippen LogP) is -5.57. The number of nitrogens with one attached hydrogen (secondary N) is 1. The maximum absolute atomic E-state index is 12.0. The first kappa shape index (κ1) is 23.5. The van der Waals surface area contributed by atoms with Gasteiger partial charge in [-0.25, -0.2) is 4.68 Å². The van der Waals surface area contributed by atoms with Gasteiger partial charge in [0, 0.05) is 0 Å². The molecule has 1 aliphatic rings. The molecule has 0 aromatic carbocycles. The zero-order chi connectivity index (χ0) is 21.6. The average Bonchev–Trinajstić information content (AvgIpc) is 3.17. The molecule has 0 bridgehead atoms. The summed E-state index contributed by atoms with van der Waals surface area (Å²) in [6, 6.07) is 0. The van der Waals surface area contributed by atoms with E-state index in [2.05, 4.69) is 15.6 Å². The third-order valence-corrected chi connectivity index (χ3v) is 4.45. The molecule has 1 amide bonds. The van der Waals surface area contributed by atoms with E-state index in [9.17, 15) is 35.4 Å². The third kappa shape index (κ3) is 5.65. The van der Waals surface area contributed by atoms with Crippen LogP contribution in [0.1, 0.15) is 5.69 Å². The van der Waals surface area contributed by atoms with Crippen LogP contribution in [0.25, 0.3) is 0 Å². The highest BCUT2D eigenvalue weighted by Gasteiger charge is 2.44. The minimum Gasteiger partial charge on any atom is -0.394 e. The second kappa shape index (κ2) is 10.3. The van der Waals surface area contributed by atoms with E-state index in [4.69, 9.17) is 14.6 Å². The number of amides is 1. The standard InChI is InChI=1S/C15H26N4O10/c20-3-9-11(25)12(26)13(27)14(29-9)28-4-8-1-19(18-17-8)2-10(24)16-15(5-21,6-22)7-23/h1,9,11-14,20-23,25-27H,2-7H2,(H,16,24)/t9-,11+,12+,13-,14-/m1/s1. The van der Waals surface area contributed by atoms with E-state index in [-0.39, 0.29) is 18.8 Å². The third-order valence-electron chi connectivity index (χ3n) is 4.45. The summed E-state index contributed by atoms with van der Waals surface area (Å²) in [7, 11) is 0. The van der Waals surface area contributed by atoms with E-state index >= 15 is 0 Å². The van der Waals surface area contributed by atoms with Gasteiger partial charge in [-0.15, -0.1) is 5.10 Å². The van der Waals surface area contributed by atoms with Gasteiger partial charge in [-0.3, -0.25) is 4.79 Å². The van der Waals surface area contributed by atoms with E-state index in [1.165, 1.54) is 6.20 Å². The summed E-state index contributed by atoms with van der Waals surface area (Å²) < 4.78 is 11.6. The van der Waals surface area contributed by atoms with Crippen molar-refractivity contribution >= 4 is 5.91 Å². The Balaban J connectivity index is 1.89. The largest absolute Gasteiger partial charge is 0.394 e. The van der Waals surface area contributed by atoms with Gasteiger partial charge >= 0.3 is 0 Å². The van der Waals surface area contributed by atoms with Crippen molar-refractivity contribution < 1.29 is 50.0 Å². The highest BCUT2D eigenvalue weighted by atomic mass is 16.7. The van der Waals surface area contributed by atoms with E-state index in [1.54, 1.807) is 0 Å². The van der Waals surface area contributed by atoms with Crippen molar-refractivity contribution in [2.75, 3.05) is 26.4 Å². The van der Waals surface area contributed by atoms with E-state index in [0.29, 0.717) is 0 Å².